The molecule has 30 heavy (non-hydrogen) atoms. The minimum Gasteiger partial charge on any atom is -0.492 e. The molecule has 0 bridgehead atoms. The van der Waals surface area contributed by atoms with Gasteiger partial charge in [-0.1, -0.05) is 67.9 Å². The van der Waals surface area contributed by atoms with E-state index in [1.165, 1.54) is 6.07 Å². The summed E-state index contributed by atoms with van der Waals surface area (Å²) < 4.78 is 25.3. The molecule has 3 aromatic rings. The van der Waals surface area contributed by atoms with Gasteiger partial charge in [0, 0.05) is 0 Å². The second-order valence-corrected chi connectivity index (χ2v) is 8.08. The van der Waals surface area contributed by atoms with Crippen molar-refractivity contribution in [2.24, 2.45) is 0 Å². The van der Waals surface area contributed by atoms with E-state index in [9.17, 15) is 4.39 Å². The van der Waals surface area contributed by atoms with Crippen LogP contribution in [0.3, 0.4) is 0 Å². The molecular weight excluding hydrogens is 399 g/mol. The van der Waals surface area contributed by atoms with Gasteiger partial charge in [-0.25, -0.2) is 4.39 Å². The Morgan fingerprint density at radius 3 is 2.43 bits per heavy atom. The van der Waals surface area contributed by atoms with Crippen LogP contribution in [0.15, 0.2) is 72.8 Å². The molecule has 0 spiro atoms. The number of rotatable bonds is 8. The van der Waals surface area contributed by atoms with Gasteiger partial charge in [0.25, 0.3) is 0 Å². The average Bonchev–Trinajstić information content (AvgIpc) is 2.72. The van der Waals surface area contributed by atoms with Crippen molar-refractivity contribution < 1.29 is 13.9 Å². The molecule has 0 aliphatic heterocycles. The SMILES string of the molecule is CCOc1ccc(C(C)(C)CC=Cc2ccc(F)c(Oc3ccccc3)c2)cc1Cl. The Labute approximate surface area is 182 Å². The molecule has 0 aliphatic rings. The molecule has 0 aromatic heterocycles. The van der Waals surface area contributed by atoms with E-state index in [-0.39, 0.29) is 17.0 Å². The van der Waals surface area contributed by atoms with Gasteiger partial charge in [0.2, 0.25) is 0 Å². The van der Waals surface area contributed by atoms with Gasteiger partial charge in [0.05, 0.1) is 11.6 Å². The average molecular weight is 425 g/mol. The van der Waals surface area contributed by atoms with Gasteiger partial charge in [-0.05, 0) is 66.3 Å². The Balaban J connectivity index is 1.71. The highest BCUT2D eigenvalue weighted by Gasteiger charge is 2.20. The third-order valence-electron chi connectivity index (χ3n) is 4.88. The lowest BCUT2D eigenvalue weighted by Gasteiger charge is -2.24. The minimum absolute atomic E-state index is 0.117. The van der Waals surface area contributed by atoms with Gasteiger partial charge in [-0.3, -0.25) is 0 Å². The number of hydrogen-bond acceptors (Lipinski definition) is 2. The van der Waals surface area contributed by atoms with Gasteiger partial charge in [0.1, 0.15) is 11.5 Å². The molecule has 156 valence electrons. The number of hydrogen-bond donors (Lipinski definition) is 0. The van der Waals surface area contributed by atoms with Gasteiger partial charge in [-0.15, -0.1) is 0 Å². The Morgan fingerprint density at radius 1 is 0.967 bits per heavy atom. The molecule has 3 aromatic carbocycles. The van der Waals surface area contributed by atoms with E-state index in [2.05, 4.69) is 26.0 Å². The third-order valence-corrected chi connectivity index (χ3v) is 5.17. The molecule has 0 unspecified atom stereocenters. The predicted molar refractivity (Wildman–Crippen MR) is 122 cm³/mol. The molecule has 0 aliphatic carbocycles. The van der Waals surface area contributed by atoms with Crippen molar-refractivity contribution in [2.45, 2.75) is 32.6 Å². The van der Waals surface area contributed by atoms with Crippen LogP contribution in [0.25, 0.3) is 6.08 Å². The largest absolute Gasteiger partial charge is 0.492 e. The predicted octanol–water partition coefficient (Wildman–Crippen LogP) is 8.05. The summed E-state index contributed by atoms with van der Waals surface area (Å²) in [6.45, 7) is 6.85. The van der Waals surface area contributed by atoms with E-state index in [4.69, 9.17) is 21.1 Å². The summed E-state index contributed by atoms with van der Waals surface area (Å²) in [4.78, 5) is 0. The van der Waals surface area contributed by atoms with Crippen molar-refractivity contribution >= 4 is 17.7 Å². The van der Waals surface area contributed by atoms with E-state index in [0.717, 1.165) is 17.5 Å². The Bertz CT molecular complexity index is 1010. The molecule has 2 nitrogen and oxygen atoms in total. The zero-order chi connectivity index (χ0) is 21.6. The van der Waals surface area contributed by atoms with Crippen molar-refractivity contribution in [1.82, 2.24) is 0 Å². The number of benzene rings is 3. The van der Waals surface area contributed by atoms with Gasteiger partial charge in [-0.2, -0.15) is 0 Å². The highest BCUT2D eigenvalue weighted by Crippen LogP contribution is 2.34. The summed E-state index contributed by atoms with van der Waals surface area (Å²) in [6.07, 6.45) is 4.86. The van der Waals surface area contributed by atoms with Crippen LogP contribution in [0.5, 0.6) is 17.2 Å². The van der Waals surface area contributed by atoms with E-state index < -0.39 is 0 Å². The smallest absolute Gasteiger partial charge is 0.165 e. The topological polar surface area (TPSA) is 18.5 Å². The number of ether oxygens (including phenoxy) is 2. The molecule has 3 rings (SSSR count). The second kappa shape index (κ2) is 9.82. The fraction of sp³-hybridized carbons (Fsp3) is 0.231. The van der Waals surface area contributed by atoms with Crippen molar-refractivity contribution in [3.05, 3.63) is 94.8 Å². The van der Waals surface area contributed by atoms with Gasteiger partial charge in [0.15, 0.2) is 11.6 Å². The first kappa shape index (κ1) is 21.9. The fourth-order valence-electron chi connectivity index (χ4n) is 3.12. The maximum atomic E-state index is 14.1. The Kier molecular flexibility index (Phi) is 7.17. The Hall–Kier alpha value is -2.78. The fourth-order valence-corrected chi connectivity index (χ4v) is 3.35. The van der Waals surface area contributed by atoms with Crippen LogP contribution in [0, 0.1) is 5.82 Å². The zero-order valence-corrected chi connectivity index (χ0v) is 18.2. The zero-order valence-electron chi connectivity index (χ0n) is 17.5. The summed E-state index contributed by atoms with van der Waals surface area (Å²) in [5.41, 5.74) is 1.89. The van der Waals surface area contributed by atoms with Crippen LogP contribution in [0.1, 0.15) is 38.3 Å². The first-order chi connectivity index (χ1) is 14.4. The highest BCUT2D eigenvalue weighted by molar-refractivity contribution is 6.32. The highest BCUT2D eigenvalue weighted by atomic mass is 35.5. The lowest BCUT2D eigenvalue weighted by atomic mass is 9.81. The normalized spacial score (nSPS) is 11.6. The summed E-state index contributed by atoms with van der Waals surface area (Å²) >= 11 is 6.35. The van der Waals surface area contributed by atoms with Crippen LogP contribution >= 0.6 is 11.6 Å². The summed E-state index contributed by atoms with van der Waals surface area (Å²) in [7, 11) is 0. The Morgan fingerprint density at radius 2 is 1.73 bits per heavy atom. The van der Waals surface area contributed by atoms with E-state index in [0.29, 0.717) is 23.1 Å². The van der Waals surface area contributed by atoms with Gasteiger partial charge >= 0.3 is 0 Å². The molecule has 0 fully saturated rings. The standard InChI is InChI=1S/C26H26ClFO2/c1-4-29-24-15-13-20(18-22(24)27)26(2,3)16-8-9-19-12-14-23(28)25(17-19)30-21-10-6-5-7-11-21/h5-15,17-18H,4,16H2,1-3H3. The molecule has 0 N–H and O–H groups in total. The van der Waals surface area contributed by atoms with Crippen LogP contribution in [-0.2, 0) is 5.41 Å². The van der Waals surface area contributed by atoms with Crippen LogP contribution in [0.2, 0.25) is 5.02 Å². The van der Waals surface area contributed by atoms with Crippen LogP contribution < -0.4 is 9.47 Å². The lowest BCUT2D eigenvalue weighted by molar-refractivity contribution is 0.340. The molecule has 0 amide bonds. The van der Waals surface area contributed by atoms with Crippen LogP contribution in [-0.4, -0.2) is 6.61 Å². The summed E-state index contributed by atoms with van der Waals surface area (Å²) in [5.74, 6) is 1.12. The van der Waals surface area contributed by atoms with E-state index >= 15 is 0 Å². The van der Waals surface area contributed by atoms with E-state index in [1.807, 2.05) is 43.3 Å². The number of halogens is 2. The maximum absolute atomic E-state index is 14.1. The first-order valence-corrected chi connectivity index (χ1v) is 10.4. The second-order valence-electron chi connectivity index (χ2n) is 7.67. The number of para-hydroxylation sites is 1. The van der Waals surface area contributed by atoms with Gasteiger partial charge < -0.3 is 9.47 Å². The van der Waals surface area contributed by atoms with Crippen LogP contribution in [0.4, 0.5) is 4.39 Å². The molecule has 0 radical (unpaired) electrons. The van der Waals surface area contributed by atoms with E-state index in [1.54, 1.807) is 24.3 Å². The molecule has 4 heteroatoms. The first-order valence-electron chi connectivity index (χ1n) is 10.0. The summed E-state index contributed by atoms with van der Waals surface area (Å²) in [6, 6.07) is 20.0. The maximum Gasteiger partial charge on any atom is 0.165 e. The molecule has 0 saturated heterocycles. The molecule has 0 atom stereocenters. The number of allylic oxidation sites excluding steroid dienone is 1. The lowest BCUT2D eigenvalue weighted by Crippen LogP contribution is -2.15. The molecule has 0 saturated carbocycles. The van der Waals surface area contributed by atoms with Crippen molar-refractivity contribution in [3.8, 4) is 17.2 Å². The van der Waals surface area contributed by atoms with Crippen molar-refractivity contribution in [3.63, 3.8) is 0 Å². The monoisotopic (exact) mass is 424 g/mol. The minimum atomic E-state index is -0.389. The summed E-state index contributed by atoms with van der Waals surface area (Å²) in [5, 5.41) is 0.618. The third kappa shape index (κ3) is 5.64. The quantitative estimate of drug-likeness (QED) is 0.364. The molecule has 0 heterocycles. The van der Waals surface area contributed by atoms with Crippen molar-refractivity contribution in [1.29, 1.82) is 0 Å². The molecular formula is C26H26ClFO2. The van der Waals surface area contributed by atoms with Crippen molar-refractivity contribution in [2.75, 3.05) is 6.61 Å².